The van der Waals surface area contributed by atoms with E-state index in [9.17, 15) is 0 Å². The second-order valence-corrected chi connectivity index (χ2v) is 5.61. The number of aryl methyl sites for hydroxylation is 1. The zero-order valence-corrected chi connectivity index (χ0v) is 10.8. The van der Waals surface area contributed by atoms with Crippen LogP contribution in [0.4, 0.5) is 0 Å². The van der Waals surface area contributed by atoms with Crippen molar-refractivity contribution in [3.63, 3.8) is 0 Å². The van der Waals surface area contributed by atoms with Crippen molar-refractivity contribution in [2.24, 2.45) is 0 Å². The molecule has 0 bridgehead atoms. The molecule has 4 heteroatoms. The van der Waals surface area contributed by atoms with Gasteiger partial charge < -0.3 is 9.88 Å². The van der Waals surface area contributed by atoms with Crippen LogP contribution in [0.15, 0.2) is 23.7 Å². The molecule has 0 unspecified atom stereocenters. The number of hydrogen-bond acceptors (Lipinski definition) is 3. The fourth-order valence-electron chi connectivity index (χ4n) is 1.92. The Kier molecular flexibility index (Phi) is 2.99. The lowest BCUT2D eigenvalue weighted by Crippen LogP contribution is -2.18. The van der Waals surface area contributed by atoms with Crippen LogP contribution in [0.3, 0.4) is 0 Å². The number of hydrogen-bond donors (Lipinski definition) is 1. The molecule has 1 N–H and O–H groups in total. The maximum atomic E-state index is 4.51. The third kappa shape index (κ3) is 2.76. The standard InChI is InChI=1S/C13H17N3S/c1-10-9-17-13(15-10)8-16-6-2-3-12(16)7-14-11-4-5-11/h2-3,6,9,11,14H,4-5,7-8H2,1H3. The van der Waals surface area contributed by atoms with Gasteiger partial charge in [0.15, 0.2) is 0 Å². The molecular weight excluding hydrogens is 230 g/mol. The molecule has 2 aromatic rings. The summed E-state index contributed by atoms with van der Waals surface area (Å²) in [5.41, 5.74) is 2.47. The minimum Gasteiger partial charge on any atom is -0.343 e. The van der Waals surface area contributed by atoms with E-state index in [-0.39, 0.29) is 0 Å². The Balaban J connectivity index is 1.67. The van der Waals surface area contributed by atoms with Crippen molar-refractivity contribution in [2.75, 3.05) is 0 Å². The molecule has 2 heterocycles. The number of nitrogens with one attached hydrogen (secondary N) is 1. The smallest absolute Gasteiger partial charge is 0.113 e. The average Bonchev–Trinajstić information content (AvgIpc) is 2.90. The number of rotatable bonds is 5. The second kappa shape index (κ2) is 4.63. The zero-order chi connectivity index (χ0) is 11.7. The Bertz CT molecular complexity index is 496. The largest absolute Gasteiger partial charge is 0.343 e. The van der Waals surface area contributed by atoms with Crippen LogP contribution < -0.4 is 5.32 Å². The monoisotopic (exact) mass is 247 g/mol. The summed E-state index contributed by atoms with van der Waals surface area (Å²) in [4.78, 5) is 4.51. The van der Waals surface area contributed by atoms with Crippen molar-refractivity contribution in [1.29, 1.82) is 0 Å². The first kappa shape index (κ1) is 11.0. The highest BCUT2D eigenvalue weighted by atomic mass is 32.1. The van der Waals surface area contributed by atoms with Gasteiger partial charge in [0.1, 0.15) is 5.01 Å². The Morgan fingerprint density at radius 3 is 3.12 bits per heavy atom. The van der Waals surface area contributed by atoms with Gasteiger partial charge in [-0.15, -0.1) is 11.3 Å². The summed E-state index contributed by atoms with van der Waals surface area (Å²) in [5.74, 6) is 0. The minimum absolute atomic E-state index is 0.764. The lowest BCUT2D eigenvalue weighted by molar-refractivity contribution is 0.633. The van der Waals surface area contributed by atoms with Crippen molar-refractivity contribution >= 4 is 11.3 Å². The van der Waals surface area contributed by atoms with E-state index < -0.39 is 0 Å². The van der Waals surface area contributed by atoms with Crippen molar-refractivity contribution in [1.82, 2.24) is 14.9 Å². The molecule has 1 aliphatic carbocycles. The predicted molar refractivity (Wildman–Crippen MR) is 70.2 cm³/mol. The minimum atomic E-state index is 0.764. The molecule has 0 radical (unpaired) electrons. The van der Waals surface area contributed by atoms with E-state index >= 15 is 0 Å². The molecule has 0 amide bonds. The van der Waals surface area contributed by atoms with E-state index in [2.05, 4.69) is 38.6 Å². The van der Waals surface area contributed by atoms with Gasteiger partial charge in [0, 0.05) is 35.6 Å². The van der Waals surface area contributed by atoms with Crippen molar-refractivity contribution in [3.05, 3.63) is 40.1 Å². The number of thiazole rings is 1. The molecule has 1 fully saturated rings. The van der Waals surface area contributed by atoms with E-state index in [1.54, 1.807) is 11.3 Å². The van der Waals surface area contributed by atoms with Crippen molar-refractivity contribution in [2.45, 2.75) is 38.9 Å². The summed E-state index contributed by atoms with van der Waals surface area (Å²) in [7, 11) is 0. The van der Waals surface area contributed by atoms with Gasteiger partial charge in [-0.1, -0.05) is 0 Å². The van der Waals surface area contributed by atoms with E-state index in [0.717, 1.165) is 24.8 Å². The first-order valence-corrected chi connectivity index (χ1v) is 6.97. The normalized spacial score (nSPS) is 15.4. The van der Waals surface area contributed by atoms with Gasteiger partial charge in [0.2, 0.25) is 0 Å². The molecule has 0 aromatic carbocycles. The first-order valence-electron chi connectivity index (χ1n) is 6.09. The van der Waals surface area contributed by atoms with E-state index in [1.165, 1.54) is 23.5 Å². The van der Waals surface area contributed by atoms with Gasteiger partial charge in [-0.2, -0.15) is 0 Å². The quantitative estimate of drug-likeness (QED) is 0.880. The maximum Gasteiger partial charge on any atom is 0.113 e. The fraction of sp³-hybridized carbons (Fsp3) is 0.462. The van der Waals surface area contributed by atoms with Crippen LogP contribution in [0.1, 0.15) is 29.2 Å². The summed E-state index contributed by atoms with van der Waals surface area (Å²) in [6.07, 6.45) is 4.82. The highest BCUT2D eigenvalue weighted by molar-refractivity contribution is 7.09. The van der Waals surface area contributed by atoms with Gasteiger partial charge >= 0.3 is 0 Å². The molecular formula is C13H17N3S. The summed E-state index contributed by atoms with van der Waals surface area (Å²) in [5, 5.41) is 6.85. The van der Waals surface area contributed by atoms with Crippen LogP contribution in [0.2, 0.25) is 0 Å². The van der Waals surface area contributed by atoms with Crippen molar-refractivity contribution < 1.29 is 0 Å². The third-order valence-electron chi connectivity index (χ3n) is 3.04. The van der Waals surface area contributed by atoms with Gasteiger partial charge in [-0.3, -0.25) is 0 Å². The number of aromatic nitrogens is 2. The van der Waals surface area contributed by atoms with Crippen LogP contribution in [0.5, 0.6) is 0 Å². The molecule has 1 aliphatic rings. The molecule has 17 heavy (non-hydrogen) atoms. The first-order chi connectivity index (χ1) is 8.31. The summed E-state index contributed by atoms with van der Waals surface area (Å²) >= 11 is 1.74. The van der Waals surface area contributed by atoms with Gasteiger partial charge in [0.05, 0.1) is 6.54 Å². The molecule has 90 valence electrons. The molecule has 0 aliphatic heterocycles. The lowest BCUT2D eigenvalue weighted by atomic mass is 10.4. The SMILES string of the molecule is Cc1csc(Cn2cccc2CNC2CC2)n1. The molecule has 3 nitrogen and oxygen atoms in total. The lowest BCUT2D eigenvalue weighted by Gasteiger charge is -2.08. The maximum absolute atomic E-state index is 4.51. The van der Waals surface area contributed by atoms with Gasteiger partial charge in [0.25, 0.3) is 0 Å². The van der Waals surface area contributed by atoms with Crippen LogP contribution in [-0.2, 0) is 13.1 Å². The van der Waals surface area contributed by atoms with Gasteiger partial charge in [-0.25, -0.2) is 4.98 Å². The summed E-state index contributed by atoms with van der Waals surface area (Å²) in [6.45, 7) is 3.92. The van der Waals surface area contributed by atoms with E-state index in [1.807, 2.05) is 6.92 Å². The van der Waals surface area contributed by atoms with Crippen LogP contribution >= 0.6 is 11.3 Å². The Labute approximate surface area is 106 Å². The predicted octanol–water partition coefficient (Wildman–Crippen LogP) is 2.55. The Morgan fingerprint density at radius 1 is 1.53 bits per heavy atom. The number of nitrogens with zero attached hydrogens (tertiary/aromatic N) is 2. The Morgan fingerprint density at radius 2 is 2.41 bits per heavy atom. The highest BCUT2D eigenvalue weighted by Gasteiger charge is 2.20. The van der Waals surface area contributed by atoms with Gasteiger partial charge in [-0.05, 0) is 31.9 Å². The van der Waals surface area contributed by atoms with Crippen LogP contribution in [0.25, 0.3) is 0 Å². The van der Waals surface area contributed by atoms with Crippen LogP contribution in [0, 0.1) is 6.92 Å². The molecule has 3 rings (SSSR count). The summed E-state index contributed by atoms with van der Waals surface area (Å²) in [6, 6.07) is 5.07. The molecule has 0 atom stereocenters. The third-order valence-corrected chi connectivity index (χ3v) is 4.00. The average molecular weight is 247 g/mol. The molecule has 0 saturated heterocycles. The second-order valence-electron chi connectivity index (χ2n) is 4.67. The topological polar surface area (TPSA) is 29.9 Å². The van der Waals surface area contributed by atoms with Crippen molar-refractivity contribution in [3.8, 4) is 0 Å². The zero-order valence-electron chi connectivity index (χ0n) is 10.0. The molecule has 0 spiro atoms. The summed E-state index contributed by atoms with van der Waals surface area (Å²) < 4.78 is 2.29. The molecule has 2 aromatic heterocycles. The molecule has 1 saturated carbocycles. The van der Waals surface area contributed by atoms with E-state index in [4.69, 9.17) is 0 Å². The Hall–Kier alpha value is -1.13. The van der Waals surface area contributed by atoms with Crippen LogP contribution in [-0.4, -0.2) is 15.6 Å². The highest BCUT2D eigenvalue weighted by Crippen LogP contribution is 2.19. The van der Waals surface area contributed by atoms with E-state index in [0.29, 0.717) is 0 Å². The fourth-order valence-corrected chi connectivity index (χ4v) is 2.69.